The van der Waals surface area contributed by atoms with Gasteiger partial charge in [0.05, 0.1) is 11.8 Å². The van der Waals surface area contributed by atoms with Crippen LogP contribution in [-0.2, 0) is 0 Å². The molecule has 17 heavy (non-hydrogen) atoms. The number of pyridine rings is 1. The lowest BCUT2D eigenvalue weighted by Crippen LogP contribution is -2.25. The third kappa shape index (κ3) is 5.13. The molecule has 0 aliphatic rings. The van der Waals surface area contributed by atoms with E-state index in [0.29, 0.717) is 12.4 Å². The molecule has 1 amide bonds. The van der Waals surface area contributed by atoms with E-state index in [9.17, 15) is 9.18 Å². The zero-order valence-corrected chi connectivity index (χ0v) is 10.3. The molecule has 0 aliphatic heterocycles. The van der Waals surface area contributed by atoms with Gasteiger partial charge in [-0.2, -0.15) is 0 Å². The van der Waals surface area contributed by atoms with Crippen molar-refractivity contribution in [1.29, 1.82) is 0 Å². The molecule has 1 aromatic heterocycles. The van der Waals surface area contributed by atoms with Crippen LogP contribution in [0.4, 0.5) is 4.39 Å². The minimum Gasteiger partial charge on any atom is -0.352 e. The van der Waals surface area contributed by atoms with Crippen molar-refractivity contribution in [3.63, 3.8) is 0 Å². The standard InChI is InChI=1S/C12H16ClFN2O/c13-6-3-1-2-4-7-16-12(17)10-5-8-15-9-11(10)14/h5,8-9H,1-4,6-7H2,(H,16,17). The average molecular weight is 259 g/mol. The molecule has 0 bridgehead atoms. The summed E-state index contributed by atoms with van der Waals surface area (Å²) in [6, 6.07) is 1.37. The van der Waals surface area contributed by atoms with E-state index in [2.05, 4.69) is 10.3 Å². The maximum absolute atomic E-state index is 13.2. The Labute approximate surface area is 105 Å². The Hall–Kier alpha value is -1.16. The average Bonchev–Trinajstić information content (AvgIpc) is 2.34. The van der Waals surface area contributed by atoms with E-state index in [1.165, 1.54) is 12.3 Å². The molecule has 0 aliphatic carbocycles. The third-order valence-corrected chi connectivity index (χ3v) is 2.63. The Morgan fingerprint density at radius 1 is 1.35 bits per heavy atom. The van der Waals surface area contributed by atoms with E-state index in [1.807, 2.05) is 0 Å². The number of nitrogens with zero attached hydrogens (tertiary/aromatic N) is 1. The van der Waals surface area contributed by atoms with Crippen molar-refractivity contribution in [1.82, 2.24) is 10.3 Å². The topological polar surface area (TPSA) is 42.0 Å². The number of alkyl halides is 1. The second-order valence-corrected chi connectivity index (χ2v) is 4.09. The molecule has 1 aromatic rings. The summed E-state index contributed by atoms with van der Waals surface area (Å²) in [6.07, 6.45) is 6.40. The van der Waals surface area contributed by atoms with Crippen LogP contribution >= 0.6 is 11.6 Å². The first-order valence-corrected chi connectivity index (χ1v) is 6.23. The Morgan fingerprint density at radius 3 is 2.82 bits per heavy atom. The summed E-state index contributed by atoms with van der Waals surface area (Å²) < 4.78 is 13.2. The van der Waals surface area contributed by atoms with Gasteiger partial charge in [-0.15, -0.1) is 11.6 Å². The molecule has 3 nitrogen and oxygen atoms in total. The Morgan fingerprint density at radius 2 is 2.12 bits per heavy atom. The number of nitrogens with one attached hydrogen (secondary N) is 1. The van der Waals surface area contributed by atoms with Crippen LogP contribution in [0.3, 0.4) is 0 Å². The fraction of sp³-hybridized carbons (Fsp3) is 0.500. The molecule has 1 N–H and O–H groups in total. The van der Waals surface area contributed by atoms with Crippen molar-refractivity contribution in [2.75, 3.05) is 12.4 Å². The van der Waals surface area contributed by atoms with Crippen molar-refractivity contribution < 1.29 is 9.18 Å². The van der Waals surface area contributed by atoms with Crippen LogP contribution in [0, 0.1) is 5.82 Å². The molecule has 5 heteroatoms. The zero-order valence-electron chi connectivity index (χ0n) is 9.59. The molecule has 0 fully saturated rings. The molecule has 0 radical (unpaired) electrons. The molecular weight excluding hydrogens is 243 g/mol. The summed E-state index contributed by atoms with van der Waals surface area (Å²) in [5, 5.41) is 2.68. The van der Waals surface area contributed by atoms with Crippen LogP contribution in [0.25, 0.3) is 0 Å². The second kappa shape index (κ2) is 8.01. The number of rotatable bonds is 7. The molecule has 0 spiro atoms. The molecule has 0 aromatic carbocycles. The van der Waals surface area contributed by atoms with Gasteiger partial charge in [0.15, 0.2) is 5.82 Å². The summed E-state index contributed by atoms with van der Waals surface area (Å²) in [5.74, 6) is -0.302. The summed E-state index contributed by atoms with van der Waals surface area (Å²) in [4.78, 5) is 15.1. The fourth-order valence-corrected chi connectivity index (χ4v) is 1.62. The van der Waals surface area contributed by atoms with Gasteiger partial charge >= 0.3 is 0 Å². The number of aromatic nitrogens is 1. The first-order valence-electron chi connectivity index (χ1n) is 5.69. The van der Waals surface area contributed by atoms with Gasteiger partial charge in [0.2, 0.25) is 0 Å². The normalized spacial score (nSPS) is 10.2. The predicted molar refractivity (Wildman–Crippen MR) is 65.7 cm³/mol. The summed E-state index contributed by atoms with van der Waals surface area (Å²) >= 11 is 5.54. The lowest BCUT2D eigenvalue weighted by Gasteiger charge is -2.05. The van der Waals surface area contributed by atoms with Crippen LogP contribution in [0.5, 0.6) is 0 Å². The van der Waals surface area contributed by atoms with Gasteiger partial charge in [0, 0.05) is 18.6 Å². The quantitative estimate of drug-likeness (QED) is 0.604. The van der Waals surface area contributed by atoms with Crippen LogP contribution in [0.15, 0.2) is 18.5 Å². The molecule has 0 unspecified atom stereocenters. The van der Waals surface area contributed by atoms with Crippen molar-refractivity contribution >= 4 is 17.5 Å². The van der Waals surface area contributed by atoms with Crippen LogP contribution in [-0.4, -0.2) is 23.3 Å². The van der Waals surface area contributed by atoms with Crippen molar-refractivity contribution in [3.8, 4) is 0 Å². The van der Waals surface area contributed by atoms with Gasteiger partial charge in [0.1, 0.15) is 0 Å². The lowest BCUT2D eigenvalue weighted by atomic mass is 10.2. The number of amides is 1. The number of hydrogen-bond donors (Lipinski definition) is 1. The first kappa shape index (κ1) is 13.9. The number of hydrogen-bond acceptors (Lipinski definition) is 2. The van der Waals surface area contributed by atoms with E-state index in [-0.39, 0.29) is 11.5 Å². The summed E-state index contributed by atoms with van der Waals surface area (Å²) in [5.41, 5.74) is 0.0424. The van der Waals surface area contributed by atoms with E-state index >= 15 is 0 Å². The minimum atomic E-state index is -0.591. The molecular formula is C12H16ClFN2O. The third-order valence-electron chi connectivity index (χ3n) is 2.36. The molecule has 0 atom stereocenters. The molecule has 1 rings (SSSR count). The van der Waals surface area contributed by atoms with Gasteiger partial charge in [0.25, 0.3) is 5.91 Å². The first-order chi connectivity index (χ1) is 8.25. The van der Waals surface area contributed by atoms with Crippen LogP contribution in [0.2, 0.25) is 0 Å². The van der Waals surface area contributed by atoms with E-state index in [1.54, 1.807) is 0 Å². The molecule has 1 heterocycles. The maximum Gasteiger partial charge on any atom is 0.254 e. The Kier molecular flexibility index (Phi) is 6.55. The molecule has 0 saturated heterocycles. The molecule has 94 valence electrons. The van der Waals surface area contributed by atoms with Gasteiger partial charge < -0.3 is 5.32 Å². The van der Waals surface area contributed by atoms with Crippen LogP contribution < -0.4 is 5.32 Å². The highest BCUT2D eigenvalue weighted by Crippen LogP contribution is 2.04. The lowest BCUT2D eigenvalue weighted by molar-refractivity contribution is 0.0948. The van der Waals surface area contributed by atoms with E-state index < -0.39 is 5.82 Å². The predicted octanol–water partition coefficient (Wildman–Crippen LogP) is 2.75. The largest absolute Gasteiger partial charge is 0.352 e. The van der Waals surface area contributed by atoms with E-state index in [0.717, 1.165) is 31.9 Å². The number of halogens is 2. The summed E-state index contributed by atoms with van der Waals surface area (Å²) in [7, 11) is 0. The SMILES string of the molecule is O=C(NCCCCCCCl)c1ccncc1F. The monoisotopic (exact) mass is 258 g/mol. The van der Waals surface area contributed by atoms with Crippen molar-refractivity contribution in [2.24, 2.45) is 0 Å². The minimum absolute atomic E-state index is 0.0424. The number of carbonyl (C=O) groups is 1. The Bertz CT molecular complexity index is 360. The highest BCUT2D eigenvalue weighted by atomic mass is 35.5. The van der Waals surface area contributed by atoms with E-state index in [4.69, 9.17) is 11.6 Å². The zero-order chi connectivity index (χ0) is 12.5. The second-order valence-electron chi connectivity index (χ2n) is 3.71. The van der Waals surface area contributed by atoms with Gasteiger partial charge in [-0.3, -0.25) is 9.78 Å². The Balaban J connectivity index is 2.24. The number of unbranched alkanes of at least 4 members (excludes halogenated alkanes) is 3. The smallest absolute Gasteiger partial charge is 0.254 e. The summed E-state index contributed by atoms with van der Waals surface area (Å²) in [6.45, 7) is 0.558. The highest BCUT2D eigenvalue weighted by molar-refractivity contribution is 6.17. The van der Waals surface area contributed by atoms with Crippen molar-refractivity contribution in [3.05, 3.63) is 29.8 Å². The molecule has 0 saturated carbocycles. The fourth-order valence-electron chi connectivity index (χ4n) is 1.43. The van der Waals surface area contributed by atoms with Gasteiger partial charge in [-0.05, 0) is 18.9 Å². The van der Waals surface area contributed by atoms with Crippen LogP contribution in [0.1, 0.15) is 36.0 Å². The highest BCUT2D eigenvalue weighted by Gasteiger charge is 2.09. The van der Waals surface area contributed by atoms with Gasteiger partial charge in [-0.25, -0.2) is 4.39 Å². The van der Waals surface area contributed by atoms with Crippen molar-refractivity contribution in [2.45, 2.75) is 25.7 Å². The number of carbonyl (C=O) groups excluding carboxylic acids is 1. The maximum atomic E-state index is 13.2. The van der Waals surface area contributed by atoms with Gasteiger partial charge in [-0.1, -0.05) is 12.8 Å².